The number of fused-ring (bicyclic) bond motifs is 1. The third-order valence-corrected chi connectivity index (χ3v) is 5.18. The van der Waals surface area contributed by atoms with Gasteiger partial charge in [-0.1, -0.05) is 35.2 Å². The highest BCUT2D eigenvalue weighted by Crippen LogP contribution is 2.28. The summed E-state index contributed by atoms with van der Waals surface area (Å²) >= 11 is 0. The van der Waals surface area contributed by atoms with E-state index in [2.05, 4.69) is 32.5 Å². The molecular formula is C23H20N4O5. The van der Waals surface area contributed by atoms with E-state index in [4.69, 9.17) is 4.74 Å². The number of nitrogens with one attached hydrogen (secondary N) is 2. The number of oxime groups is 1. The van der Waals surface area contributed by atoms with E-state index in [-0.39, 0.29) is 12.5 Å². The average molecular weight is 432 g/mol. The number of carbonyl (C=O) groups excluding carboxylic acids is 3. The third kappa shape index (κ3) is 3.98. The fourth-order valence-corrected chi connectivity index (χ4v) is 3.60. The van der Waals surface area contributed by atoms with Gasteiger partial charge in [-0.2, -0.15) is 0 Å². The molecule has 1 atom stereocenters. The van der Waals surface area contributed by atoms with Crippen LogP contribution < -0.4 is 15.4 Å². The predicted octanol–water partition coefficient (Wildman–Crippen LogP) is 1.26. The van der Waals surface area contributed by atoms with Gasteiger partial charge in [0.05, 0.1) is 19.9 Å². The molecule has 4 rings (SSSR count). The molecule has 1 fully saturated rings. The number of nitrogens with zero attached hydrogens (tertiary/aromatic N) is 2. The molecule has 2 aliphatic rings. The number of amides is 4. The van der Waals surface area contributed by atoms with Crippen LogP contribution in [0.25, 0.3) is 0 Å². The fourth-order valence-electron chi connectivity index (χ4n) is 3.60. The number of hydrogen-bond donors (Lipinski definition) is 2. The van der Waals surface area contributed by atoms with Crippen molar-refractivity contribution in [2.24, 2.45) is 5.16 Å². The Morgan fingerprint density at radius 3 is 2.75 bits per heavy atom. The monoisotopic (exact) mass is 432 g/mol. The zero-order valence-corrected chi connectivity index (χ0v) is 17.5. The number of benzene rings is 2. The molecule has 0 aliphatic carbocycles. The second kappa shape index (κ2) is 8.43. The molecule has 1 saturated heterocycles. The number of hydrogen-bond acceptors (Lipinski definition) is 6. The first kappa shape index (κ1) is 20.9. The molecule has 162 valence electrons. The highest BCUT2D eigenvalue weighted by atomic mass is 16.6. The van der Waals surface area contributed by atoms with E-state index < -0.39 is 17.5 Å². The molecule has 0 unspecified atom stereocenters. The van der Waals surface area contributed by atoms with Crippen molar-refractivity contribution in [1.29, 1.82) is 0 Å². The molecule has 4 amide bonds. The SMILES string of the molecule is CO/N=C/c1cccc(C#C[C@]2(CN3Cc4ccc(OC)cc4C3=O)NC(=O)NC2=O)c1. The van der Waals surface area contributed by atoms with Gasteiger partial charge in [-0.15, -0.1) is 0 Å². The molecular weight excluding hydrogens is 412 g/mol. The number of methoxy groups -OCH3 is 1. The first-order valence-corrected chi connectivity index (χ1v) is 9.74. The highest BCUT2D eigenvalue weighted by Gasteiger charge is 2.48. The van der Waals surface area contributed by atoms with Gasteiger partial charge in [0.2, 0.25) is 5.54 Å². The smallest absolute Gasteiger partial charge is 0.323 e. The minimum atomic E-state index is -1.57. The Balaban J connectivity index is 1.63. The minimum absolute atomic E-state index is 0.0990. The standard InChI is InChI=1S/C23H20N4O5/c1-31-18-7-6-17-13-27(20(28)19(17)11-18)14-23(21(29)25-22(30)26-23)9-8-15-4-3-5-16(10-15)12-24-32-2/h3-7,10-12H,13-14H2,1-2H3,(H2,25,26,29,30)/b24-12+/t23-/m1/s1. The Kier molecular flexibility index (Phi) is 5.52. The Hall–Kier alpha value is -4.32. The molecule has 2 aliphatic heterocycles. The highest BCUT2D eigenvalue weighted by molar-refractivity contribution is 6.10. The summed E-state index contributed by atoms with van der Waals surface area (Å²) in [5.41, 5.74) is 1.11. The summed E-state index contributed by atoms with van der Waals surface area (Å²) in [7, 11) is 2.97. The Bertz CT molecular complexity index is 1200. The normalized spacial score (nSPS) is 19.3. The molecule has 2 heterocycles. The molecule has 0 bridgehead atoms. The van der Waals surface area contributed by atoms with Crippen molar-refractivity contribution in [2.75, 3.05) is 20.8 Å². The lowest BCUT2D eigenvalue weighted by Crippen LogP contribution is -2.54. The number of rotatable bonds is 5. The Morgan fingerprint density at radius 1 is 1.19 bits per heavy atom. The molecule has 0 spiro atoms. The van der Waals surface area contributed by atoms with Crippen LogP contribution in [0.2, 0.25) is 0 Å². The van der Waals surface area contributed by atoms with Crippen molar-refractivity contribution in [3.8, 4) is 17.6 Å². The lowest BCUT2D eigenvalue weighted by molar-refractivity contribution is -0.122. The molecule has 2 aromatic carbocycles. The van der Waals surface area contributed by atoms with Crippen LogP contribution in [0, 0.1) is 11.8 Å². The largest absolute Gasteiger partial charge is 0.497 e. The summed E-state index contributed by atoms with van der Waals surface area (Å²) in [6.07, 6.45) is 1.53. The maximum atomic E-state index is 13.0. The summed E-state index contributed by atoms with van der Waals surface area (Å²) in [4.78, 5) is 43.8. The zero-order chi connectivity index (χ0) is 22.7. The lowest BCUT2D eigenvalue weighted by Gasteiger charge is -2.26. The number of carbonyl (C=O) groups is 3. The Morgan fingerprint density at radius 2 is 2.03 bits per heavy atom. The third-order valence-electron chi connectivity index (χ3n) is 5.18. The number of urea groups is 1. The van der Waals surface area contributed by atoms with E-state index >= 15 is 0 Å². The van der Waals surface area contributed by atoms with Gasteiger partial charge >= 0.3 is 6.03 Å². The maximum Gasteiger partial charge on any atom is 0.323 e. The van der Waals surface area contributed by atoms with Crippen LogP contribution in [0.3, 0.4) is 0 Å². The lowest BCUT2D eigenvalue weighted by atomic mass is 9.99. The quantitative estimate of drug-likeness (QED) is 0.320. The van der Waals surface area contributed by atoms with Gasteiger partial charge in [-0.05, 0) is 35.4 Å². The van der Waals surface area contributed by atoms with Crippen LogP contribution in [-0.4, -0.2) is 55.3 Å². The van der Waals surface area contributed by atoms with E-state index in [1.54, 1.807) is 30.3 Å². The molecule has 0 radical (unpaired) electrons. The maximum absolute atomic E-state index is 13.0. The van der Waals surface area contributed by atoms with Gasteiger partial charge in [0, 0.05) is 17.7 Å². The van der Waals surface area contributed by atoms with Gasteiger partial charge in [-0.3, -0.25) is 14.9 Å². The second-order valence-electron chi connectivity index (χ2n) is 7.29. The van der Waals surface area contributed by atoms with Crippen molar-refractivity contribution >= 4 is 24.1 Å². The van der Waals surface area contributed by atoms with Crippen molar-refractivity contribution < 1.29 is 24.0 Å². The summed E-state index contributed by atoms with van der Waals surface area (Å²) < 4.78 is 5.20. The minimum Gasteiger partial charge on any atom is -0.497 e. The number of imide groups is 1. The van der Waals surface area contributed by atoms with Gasteiger partial charge < -0.3 is 19.8 Å². The van der Waals surface area contributed by atoms with E-state index in [0.717, 1.165) is 11.1 Å². The van der Waals surface area contributed by atoms with Crippen LogP contribution in [0.15, 0.2) is 47.6 Å². The molecule has 0 saturated carbocycles. The predicted molar refractivity (Wildman–Crippen MR) is 115 cm³/mol. The van der Waals surface area contributed by atoms with Crippen LogP contribution >= 0.6 is 0 Å². The number of ether oxygens (including phenoxy) is 1. The van der Waals surface area contributed by atoms with Crippen LogP contribution in [0.5, 0.6) is 5.75 Å². The molecule has 9 nitrogen and oxygen atoms in total. The van der Waals surface area contributed by atoms with Crippen LogP contribution in [0.4, 0.5) is 4.79 Å². The van der Waals surface area contributed by atoms with Gasteiger partial charge in [0.25, 0.3) is 11.8 Å². The topological polar surface area (TPSA) is 109 Å². The Labute approximate surface area is 184 Å². The fraction of sp³-hybridized carbons (Fsp3) is 0.217. The van der Waals surface area contributed by atoms with Crippen molar-refractivity contribution in [2.45, 2.75) is 12.1 Å². The molecule has 2 aromatic rings. The van der Waals surface area contributed by atoms with E-state index in [9.17, 15) is 14.4 Å². The molecule has 0 aromatic heterocycles. The zero-order valence-electron chi connectivity index (χ0n) is 17.5. The van der Waals surface area contributed by atoms with E-state index in [0.29, 0.717) is 23.4 Å². The van der Waals surface area contributed by atoms with Gasteiger partial charge in [-0.25, -0.2) is 4.79 Å². The summed E-state index contributed by atoms with van der Waals surface area (Å²) in [6, 6.07) is 11.7. The van der Waals surface area contributed by atoms with Crippen LogP contribution in [-0.2, 0) is 16.2 Å². The second-order valence-corrected chi connectivity index (χ2v) is 7.29. The summed E-state index contributed by atoms with van der Waals surface area (Å²) in [5.74, 6) is 5.53. The summed E-state index contributed by atoms with van der Waals surface area (Å²) in [6.45, 7) is 0.200. The van der Waals surface area contributed by atoms with Crippen LogP contribution in [0.1, 0.15) is 27.0 Å². The van der Waals surface area contributed by atoms with E-state index in [1.165, 1.54) is 25.3 Å². The van der Waals surface area contributed by atoms with Crippen molar-refractivity contribution in [3.05, 3.63) is 64.7 Å². The first-order valence-electron chi connectivity index (χ1n) is 9.74. The molecule has 32 heavy (non-hydrogen) atoms. The summed E-state index contributed by atoms with van der Waals surface area (Å²) in [5, 5.41) is 8.54. The molecule has 9 heteroatoms. The average Bonchev–Trinajstić information content (AvgIpc) is 3.25. The molecule has 2 N–H and O–H groups in total. The van der Waals surface area contributed by atoms with Gasteiger partial charge in [0.15, 0.2) is 0 Å². The first-order chi connectivity index (χ1) is 15.4. The van der Waals surface area contributed by atoms with Crippen molar-refractivity contribution in [1.82, 2.24) is 15.5 Å². The van der Waals surface area contributed by atoms with Gasteiger partial charge in [0.1, 0.15) is 12.9 Å². The van der Waals surface area contributed by atoms with E-state index in [1.807, 2.05) is 12.1 Å². The van der Waals surface area contributed by atoms with Crippen molar-refractivity contribution in [3.63, 3.8) is 0 Å².